The molecule has 1 aromatic heterocycles. The van der Waals surface area contributed by atoms with Crippen LogP contribution in [0, 0.1) is 0 Å². The highest BCUT2D eigenvalue weighted by atomic mass is 35.5. The van der Waals surface area contributed by atoms with Gasteiger partial charge in [0.25, 0.3) is 0 Å². The molecule has 2 aromatic rings. The molecule has 0 bridgehead atoms. The van der Waals surface area contributed by atoms with Crippen LogP contribution in [0.15, 0.2) is 34.5 Å². The van der Waals surface area contributed by atoms with E-state index in [1.807, 2.05) is 18.2 Å². The average Bonchev–Trinajstić information content (AvgIpc) is 2.77. The van der Waals surface area contributed by atoms with E-state index >= 15 is 0 Å². The predicted octanol–water partition coefficient (Wildman–Crippen LogP) is 1.03. The number of halogens is 1. The van der Waals surface area contributed by atoms with E-state index in [-0.39, 0.29) is 11.9 Å². The molecule has 1 aromatic carbocycles. The summed E-state index contributed by atoms with van der Waals surface area (Å²) >= 11 is 8.35. The summed E-state index contributed by atoms with van der Waals surface area (Å²) < 4.78 is 5.58. The second-order valence-corrected chi connectivity index (χ2v) is 9.35. The van der Waals surface area contributed by atoms with Crippen molar-refractivity contribution in [1.29, 1.82) is 0 Å². The molecule has 1 unspecified atom stereocenters. The highest BCUT2D eigenvalue weighted by Gasteiger charge is 2.28. The van der Waals surface area contributed by atoms with Gasteiger partial charge in [-0.3, -0.25) is 0 Å². The van der Waals surface area contributed by atoms with E-state index in [1.54, 1.807) is 18.0 Å². The summed E-state index contributed by atoms with van der Waals surface area (Å²) in [4.78, 5) is 16.1. The van der Waals surface area contributed by atoms with Crippen LogP contribution in [0.5, 0.6) is 0 Å². The number of nitrogen functional groups attached to an aromatic ring is 1. The molecule has 1 aliphatic carbocycles. The van der Waals surface area contributed by atoms with E-state index in [4.69, 9.17) is 27.1 Å². The van der Waals surface area contributed by atoms with Gasteiger partial charge in [-0.15, -0.1) is 0 Å². The van der Waals surface area contributed by atoms with Crippen LogP contribution in [0.3, 0.4) is 0 Å². The topological polar surface area (TPSA) is 89.2 Å². The van der Waals surface area contributed by atoms with E-state index in [2.05, 4.69) is 26.3 Å². The molecule has 3 N–H and O–H groups in total. The number of ether oxygens (including phenoxy) is 1. The standard InChI is InChI=1S/C22H25ClN6OS/c23-17-11-15-13-30-12-14-3-1-4-16(18(14)15)19(17)20-26-21(24)28-22(27-20)31-10-2-7-29-8-5-25-6-9-29/h1,3-4,11-12,19,25H,2,5-10,13H2,(H2,24,26,27,28). The fourth-order valence-corrected chi connectivity index (χ4v) is 5.45. The normalized spacial score (nSPS) is 20.5. The first kappa shape index (κ1) is 20.8. The molecule has 1 atom stereocenters. The highest BCUT2D eigenvalue weighted by molar-refractivity contribution is 7.99. The van der Waals surface area contributed by atoms with Crippen molar-refractivity contribution < 1.29 is 4.74 Å². The minimum Gasteiger partial charge on any atom is -0.496 e. The van der Waals surface area contributed by atoms with E-state index < -0.39 is 0 Å². The number of benzene rings is 1. The van der Waals surface area contributed by atoms with Gasteiger partial charge in [-0.2, -0.15) is 9.97 Å². The van der Waals surface area contributed by atoms with E-state index in [0.29, 0.717) is 22.6 Å². The van der Waals surface area contributed by atoms with Crippen molar-refractivity contribution in [2.24, 2.45) is 0 Å². The maximum Gasteiger partial charge on any atom is 0.224 e. The number of nitrogens with one attached hydrogen (secondary N) is 1. The summed E-state index contributed by atoms with van der Waals surface area (Å²) in [6.07, 6.45) is 4.86. The number of aromatic nitrogens is 3. The Hall–Kier alpha value is -2.13. The van der Waals surface area contributed by atoms with Crippen molar-refractivity contribution in [1.82, 2.24) is 25.2 Å². The largest absolute Gasteiger partial charge is 0.496 e. The smallest absolute Gasteiger partial charge is 0.224 e. The van der Waals surface area contributed by atoms with Gasteiger partial charge in [0, 0.05) is 42.2 Å². The third kappa shape index (κ3) is 4.43. The number of anilines is 1. The first-order valence-electron chi connectivity index (χ1n) is 10.6. The molecule has 0 saturated carbocycles. The molecule has 31 heavy (non-hydrogen) atoms. The Labute approximate surface area is 190 Å². The Kier molecular flexibility index (Phi) is 6.13. The van der Waals surface area contributed by atoms with Crippen LogP contribution in [0.1, 0.15) is 23.7 Å². The Morgan fingerprint density at radius 2 is 2.10 bits per heavy atom. The number of hydrogen-bond donors (Lipinski definition) is 2. The second kappa shape index (κ2) is 9.16. The van der Waals surface area contributed by atoms with Crippen LogP contribution in [0.2, 0.25) is 0 Å². The van der Waals surface area contributed by atoms with Crippen LogP contribution in [0.25, 0.3) is 11.8 Å². The zero-order valence-corrected chi connectivity index (χ0v) is 18.8. The predicted molar refractivity (Wildman–Crippen MR) is 124 cm³/mol. The molecule has 0 spiro atoms. The lowest BCUT2D eigenvalue weighted by atomic mass is 9.87. The maximum absolute atomic E-state index is 6.73. The van der Waals surface area contributed by atoms with Crippen molar-refractivity contribution in [3.63, 3.8) is 0 Å². The van der Waals surface area contributed by atoms with Gasteiger partial charge < -0.3 is 20.7 Å². The van der Waals surface area contributed by atoms with Gasteiger partial charge in [-0.25, -0.2) is 4.98 Å². The lowest BCUT2D eigenvalue weighted by molar-refractivity contribution is 0.242. The minimum atomic E-state index is -0.252. The van der Waals surface area contributed by atoms with E-state index in [9.17, 15) is 0 Å². The summed E-state index contributed by atoms with van der Waals surface area (Å²) in [6, 6.07) is 6.14. The maximum atomic E-state index is 6.73. The summed E-state index contributed by atoms with van der Waals surface area (Å²) in [5.74, 6) is 1.51. The third-order valence-corrected chi connectivity index (χ3v) is 7.03. The van der Waals surface area contributed by atoms with E-state index in [1.165, 1.54) is 0 Å². The Morgan fingerprint density at radius 3 is 2.97 bits per heavy atom. The van der Waals surface area contributed by atoms with Crippen LogP contribution in [0.4, 0.5) is 5.95 Å². The molecule has 3 aliphatic rings. The van der Waals surface area contributed by atoms with Crippen LogP contribution >= 0.6 is 23.4 Å². The molecule has 0 amide bonds. The summed E-state index contributed by atoms with van der Waals surface area (Å²) in [5.41, 5.74) is 8.23. The Balaban J connectivity index is 1.36. The van der Waals surface area contributed by atoms with E-state index in [0.717, 1.165) is 66.5 Å². The Bertz CT molecular complexity index is 1130. The zero-order valence-electron chi connectivity index (χ0n) is 17.2. The molecular formula is C22H25ClN6OS. The lowest BCUT2D eigenvalue weighted by Crippen LogP contribution is -2.43. The summed E-state index contributed by atoms with van der Waals surface area (Å²) in [7, 11) is 0. The summed E-state index contributed by atoms with van der Waals surface area (Å²) in [6.45, 7) is 5.98. The lowest BCUT2D eigenvalue weighted by Gasteiger charge is -2.26. The van der Waals surface area contributed by atoms with Gasteiger partial charge in [0.05, 0.1) is 12.2 Å². The van der Waals surface area contributed by atoms with Gasteiger partial charge in [0.2, 0.25) is 5.95 Å². The monoisotopic (exact) mass is 456 g/mol. The highest BCUT2D eigenvalue weighted by Crippen LogP contribution is 2.35. The molecular weight excluding hydrogens is 432 g/mol. The number of allylic oxidation sites excluding steroid dienone is 1. The number of thioether (sulfide) groups is 1. The van der Waals surface area contributed by atoms with Crippen LogP contribution in [-0.2, 0) is 4.74 Å². The average molecular weight is 457 g/mol. The van der Waals surface area contributed by atoms with Crippen molar-refractivity contribution in [2.75, 3.05) is 50.8 Å². The SMILES string of the molecule is Nc1nc(SCCCN2CCNCC2)nc(C2C(Cl)=CC3=c4c2cccc4=COC3)n1. The molecule has 1 saturated heterocycles. The first-order valence-corrected chi connectivity index (χ1v) is 11.9. The number of hydrogen-bond acceptors (Lipinski definition) is 8. The molecule has 1 fully saturated rings. The third-order valence-electron chi connectivity index (χ3n) is 5.77. The Morgan fingerprint density at radius 1 is 1.23 bits per heavy atom. The number of rotatable bonds is 6. The van der Waals surface area contributed by atoms with Gasteiger partial charge in [0.15, 0.2) is 5.16 Å². The van der Waals surface area contributed by atoms with Crippen LogP contribution < -0.4 is 21.5 Å². The molecule has 3 heterocycles. The van der Waals surface area contributed by atoms with Crippen molar-refractivity contribution in [3.8, 4) is 0 Å². The molecule has 9 heteroatoms. The first-order chi connectivity index (χ1) is 15.2. The van der Waals surface area contributed by atoms with Gasteiger partial charge in [-0.1, -0.05) is 41.6 Å². The number of nitrogens with zero attached hydrogens (tertiary/aromatic N) is 4. The number of piperazine rings is 1. The van der Waals surface area contributed by atoms with Crippen molar-refractivity contribution in [2.45, 2.75) is 17.5 Å². The molecule has 5 rings (SSSR count). The number of nitrogens with two attached hydrogens (primary N) is 1. The fourth-order valence-electron chi connectivity index (χ4n) is 4.33. The quantitative estimate of drug-likeness (QED) is 0.492. The second-order valence-electron chi connectivity index (χ2n) is 7.86. The van der Waals surface area contributed by atoms with Gasteiger partial charge in [0.1, 0.15) is 12.4 Å². The molecule has 0 radical (unpaired) electrons. The zero-order chi connectivity index (χ0) is 21.2. The molecule has 7 nitrogen and oxygen atoms in total. The molecule has 2 aliphatic heterocycles. The fraction of sp³-hybridized carbons (Fsp3) is 0.409. The van der Waals surface area contributed by atoms with Crippen LogP contribution in [-0.4, -0.2) is 64.9 Å². The van der Waals surface area contributed by atoms with Gasteiger partial charge in [-0.05, 0) is 35.4 Å². The van der Waals surface area contributed by atoms with Crippen molar-refractivity contribution in [3.05, 3.63) is 51.1 Å². The summed E-state index contributed by atoms with van der Waals surface area (Å²) in [5, 5.41) is 6.92. The minimum absolute atomic E-state index is 0.230. The van der Waals surface area contributed by atoms with Crippen molar-refractivity contribution >= 4 is 41.1 Å². The molecule has 162 valence electrons. The van der Waals surface area contributed by atoms with Gasteiger partial charge >= 0.3 is 0 Å².